The highest BCUT2D eigenvalue weighted by molar-refractivity contribution is 9.10. The molecule has 0 spiro atoms. The molecule has 1 aromatic heterocycles. The van der Waals surface area contributed by atoms with Gasteiger partial charge in [0.1, 0.15) is 11.5 Å². The largest absolute Gasteiger partial charge is 0.339 e. The Morgan fingerprint density at radius 1 is 1.40 bits per heavy atom. The summed E-state index contributed by atoms with van der Waals surface area (Å²) < 4.78 is 15.9. The van der Waals surface area contributed by atoms with Gasteiger partial charge in [-0.3, -0.25) is 4.79 Å². The monoisotopic (exact) mass is 356 g/mol. The van der Waals surface area contributed by atoms with Crippen LogP contribution in [0.4, 0.5) is 10.1 Å². The first-order valence-corrected chi connectivity index (χ1v) is 7.35. The predicted molar refractivity (Wildman–Crippen MR) is 79.8 cm³/mol. The van der Waals surface area contributed by atoms with Crippen LogP contribution in [-0.2, 0) is 0 Å². The number of benzene rings is 1. The molecule has 1 fully saturated rings. The molecule has 1 N–H and O–H groups in total. The third-order valence-electron chi connectivity index (χ3n) is 3.17. The van der Waals surface area contributed by atoms with Gasteiger partial charge in [0.05, 0.1) is 5.02 Å². The van der Waals surface area contributed by atoms with E-state index in [1.807, 2.05) is 10.8 Å². The Labute approximate surface area is 128 Å². The van der Waals surface area contributed by atoms with Crippen molar-refractivity contribution in [3.05, 3.63) is 51.5 Å². The third kappa shape index (κ3) is 2.74. The zero-order valence-electron chi connectivity index (χ0n) is 10.4. The smallest absolute Gasteiger partial charge is 0.272 e. The lowest BCUT2D eigenvalue weighted by molar-refractivity contribution is 0.101. The lowest BCUT2D eigenvalue weighted by atomic mass is 10.3. The van der Waals surface area contributed by atoms with Crippen molar-refractivity contribution in [2.45, 2.75) is 18.9 Å². The number of carbonyl (C=O) groups excluding carboxylic acids is 1. The molecular formula is C14H11BrClFN2O. The number of hydrogen-bond donors (Lipinski definition) is 1. The van der Waals surface area contributed by atoms with Gasteiger partial charge < -0.3 is 9.88 Å². The van der Waals surface area contributed by atoms with Crippen LogP contribution in [-0.4, -0.2) is 10.5 Å². The Hall–Kier alpha value is -1.33. The molecule has 1 aliphatic carbocycles. The maximum absolute atomic E-state index is 13.1. The average Bonchev–Trinajstić information content (AvgIpc) is 3.17. The van der Waals surface area contributed by atoms with E-state index in [1.54, 1.807) is 6.07 Å². The van der Waals surface area contributed by atoms with Crippen LogP contribution in [0.3, 0.4) is 0 Å². The highest BCUT2D eigenvalue weighted by atomic mass is 79.9. The number of aromatic nitrogens is 1. The minimum absolute atomic E-state index is 0.0124. The lowest BCUT2D eigenvalue weighted by Gasteiger charge is -2.09. The van der Waals surface area contributed by atoms with E-state index in [2.05, 4.69) is 21.2 Å². The van der Waals surface area contributed by atoms with Crippen molar-refractivity contribution in [3.8, 4) is 0 Å². The van der Waals surface area contributed by atoms with Crippen molar-refractivity contribution in [3.63, 3.8) is 0 Å². The van der Waals surface area contributed by atoms with E-state index in [0.717, 1.165) is 17.3 Å². The molecule has 1 saturated carbocycles. The Morgan fingerprint density at radius 2 is 2.15 bits per heavy atom. The van der Waals surface area contributed by atoms with E-state index < -0.39 is 5.82 Å². The van der Waals surface area contributed by atoms with Crippen LogP contribution in [0.15, 0.2) is 34.9 Å². The zero-order valence-corrected chi connectivity index (χ0v) is 12.7. The minimum atomic E-state index is -0.506. The van der Waals surface area contributed by atoms with E-state index in [0.29, 0.717) is 17.4 Å². The maximum Gasteiger partial charge on any atom is 0.272 e. The summed E-state index contributed by atoms with van der Waals surface area (Å²) in [6, 6.07) is 6.29. The molecule has 1 aliphatic rings. The summed E-state index contributed by atoms with van der Waals surface area (Å²) in [7, 11) is 0. The van der Waals surface area contributed by atoms with Crippen molar-refractivity contribution in [1.29, 1.82) is 0 Å². The second kappa shape index (κ2) is 5.22. The molecule has 6 heteroatoms. The molecule has 0 unspecified atom stereocenters. The second-order valence-corrected chi connectivity index (χ2v) is 6.09. The first-order chi connectivity index (χ1) is 9.54. The number of amides is 1. The number of halogens is 3. The topological polar surface area (TPSA) is 34.0 Å². The SMILES string of the molecule is O=C(Nc1ccc(F)c(Cl)c1)c1cc(Br)cn1C1CC1. The van der Waals surface area contributed by atoms with Crippen LogP contribution >= 0.6 is 27.5 Å². The van der Waals surface area contributed by atoms with Gasteiger partial charge in [0.15, 0.2) is 0 Å². The molecule has 1 aromatic carbocycles. The number of nitrogens with one attached hydrogen (secondary N) is 1. The molecular weight excluding hydrogens is 347 g/mol. The molecule has 1 heterocycles. The number of carbonyl (C=O) groups is 1. The van der Waals surface area contributed by atoms with Crippen LogP contribution in [0, 0.1) is 5.82 Å². The van der Waals surface area contributed by atoms with Gasteiger partial charge in [0.25, 0.3) is 5.91 Å². The van der Waals surface area contributed by atoms with Gasteiger partial charge in [-0.05, 0) is 53.0 Å². The van der Waals surface area contributed by atoms with Crippen molar-refractivity contribution in [1.82, 2.24) is 4.57 Å². The molecule has 0 atom stereocenters. The first-order valence-electron chi connectivity index (χ1n) is 6.18. The fraction of sp³-hybridized carbons (Fsp3) is 0.214. The molecule has 3 nitrogen and oxygen atoms in total. The summed E-state index contributed by atoms with van der Waals surface area (Å²) in [5.41, 5.74) is 1.06. The fourth-order valence-corrected chi connectivity index (χ4v) is 2.67. The van der Waals surface area contributed by atoms with Crippen molar-refractivity contribution >= 4 is 39.1 Å². The summed E-state index contributed by atoms with van der Waals surface area (Å²) in [6.45, 7) is 0. The van der Waals surface area contributed by atoms with Gasteiger partial charge in [-0.1, -0.05) is 11.6 Å². The number of hydrogen-bond acceptors (Lipinski definition) is 1. The van der Waals surface area contributed by atoms with Crippen LogP contribution in [0.5, 0.6) is 0 Å². The van der Waals surface area contributed by atoms with Gasteiger partial charge in [0.2, 0.25) is 0 Å². The standard InChI is InChI=1S/C14H11BrClFN2O/c15-8-5-13(19(7-8)10-2-3-10)14(20)18-9-1-4-12(17)11(16)6-9/h1,4-7,10H,2-3H2,(H,18,20). The zero-order chi connectivity index (χ0) is 14.3. The Balaban J connectivity index is 1.84. The van der Waals surface area contributed by atoms with E-state index >= 15 is 0 Å². The van der Waals surface area contributed by atoms with E-state index in [4.69, 9.17) is 11.6 Å². The van der Waals surface area contributed by atoms with E-state index in [-0.39, 0.29) is 10.9 Å². The highest BCUT2D eigenvalue weighted by Gasteiger charge is 2.27. The molecule has 2 aromatic rings. The fourth-order valence-electron chi connectivity index (χ4n) is 2.05. The van der Waals surface area contributed by atoms with Crippen LogP contribution in [0.1, 0.15) is 29.4 Å². The maximum atomic E-state index is 13.1. The quantitative estimate of drug-likeness (QED) is 0.854. The minimum Gasteiger partial charge on any atom is -0.339 e. The van der Waals surface area contributed by atoms with E-state index in [9.17, 15) is 9.18 Å². The second-order valence-electron chi connectivity index (χ2n) is 4.77. The molecule has 0 bridgehead atoms. The summed E-state index contributed by atoms with van der Waals surface area (Å²) in [4.78, 5) is 12.3. The molecule has 0 radical (unpaired) electrons. The normalized spacial score (nSPS) is 14.3. The molecule has 0 aliphatic heterocycles. The van der Waals surface area contributed by atoms with E-state index in [1.165, 1.54) is 18.2 Å². The average molecular weight is 358 g/mol. The van der Waals surface area contributed by atoms with Gasteiger partial charge in [-0.2, -0.15) is 0 Å². The molecule has 20 heavy (non-hydrogen) atoms. The predicted octanol–water partition coefficient (Wildman–Crippen LogP) is 4.63. The molecule has 0 saturated heterocycles. The molecule has 104 valence electrons. The Bertz CT molecular complexity index is 682. The lowest BCUT2D eigenvalue weighted by Crippen LogP contribution is -2.16. The summed E-state index contributed by atoms with van der Waals surface area (Å²) in [6.07, 6.45) is 4.08. The van der Waals surface area contributed by atoms with Crippen LogP contribution in [0.25, 0.3) is 0 Å². The molecule has 3 rings (SSSR count). The number of rotatable bonds is 3. The summed E-state index contributed by atoms with van der Waals surface area (Å²) in [5.74, 6) is -0.737. The first kappa shape index (κ1) is 13.6. The number of anilines is 1. The molecule has 1 amide bonds. The Morgan fingerprint density at radius 3 is 2.80 bits per heavy atom. The third-order valence-corrected chi connectivity index (χ3v) is 3.89. The van der Waals surface area contributed by atoms with Crippen LogP contribution in [0.2, 0.25) is 5.02 Å². The van der Waals surface area contributed by atoms with Gasteiger partial charge in [-0.25, -0.2) is 4.39 Å². The van der Waals surface area contributed by atoms with Gasteiger partial charge >= 0.3 is 0 Å². The van der Waals surface area contributed by atoms with Crippen molar-refractivity contribution < 1.29 is 9.18 Å². The summed E-state index contributed by atoms with van der Waals surface area (Å²) in [5, 5.41) is 2.72. The van der Waals surface area contributed by atoms with Gasteiger partial charge in [0, 0.05) is 22.4 Å². The highest BCUT2D eigenvalue weighted by Crippen LogP contribution is 2.37. The van der Waals surface area contributed by atoms with Crippen molar-refractivity contribution in [2.24, 2.45) is 0 Å². The Kier molecular flexibility index (Phi) is 3.56. The number of nitrogens with zero attached hydrogens (tertiary/aromatic N) is 1. The van der Waals surface area contributed by atoms with Crippen LogP contribution < -0.4 is 5.32 Å². The van der Waals surface area contributed by atoms with Crippen molar-refractivity contribution in [2.75, 3.05) is 5.32 Å². The summed E-state index contributed by atoms with van der Waals surface area (Å²) >= 11 is 9.08. The van der Waals surface area contributed by atoms with Gasteiger partial charge in [-0.15, -0.1) is 0 Å².